The summed E-state index contributed by atoms with van der Waals surface area (Å²) in [6.07, 6.45) is -2.89. The molecule has 9 heteroatoms. The van der Waals surface area contributed by atoms with E-state index in [0.717, 1.165) is 5.56 Å². The predicted octanol–water partition coefficient (Wildman–Crippen LogP) is 4.12. The van der Waals surface area contributed by atoms with E-state index in [2.05, 4.69) is 15.3 Å². The van der Waals surface area contributed by atoms with Gasteiger partial charge in [0, 0.05) is 10.6 Å². The molecule has 0 saturated carbocycles. The number of carbonyl (C=O) groups excluding carboxylic acids is 1. The molecule has 0 atom stereocenters. The van der Waals surface area contributed by atoms with Crippen molar-refractivity contribution in [2.45, 2.75) is 19.2 Å². The Hall–Kier alpha value is -2.58. The normalized spacial score (nSPS) is 11.6. The fourth-order valence-electron chi connectivity index (χ4n) is 2.27. The van der Waals surface area contributed by atoms with Crippen LogP contribution in [0.4, 0.5) is 13.2 Å². The lowest BCUT2D eigenvalue weighted by atomic mass is 10.1. The summed E-state index contributed by atoms with van der Waals surface area (Å²) < 4.78 is 46.4. The Bertz CT molecular complexity index is 824. The van der Waals surface area contributed by atoms with E-state index in [9.17, 15) is 18.0 Å². The van der Waals surface area contributed by atoms with Gasteiger partial charge in [-0.3, -0.25) is 4.79 Å². The molecule has 28 heavy (non-hydrogen) atoms. The number of rotatable bonds is 8. The lowest BCUT2D eigenvalue weighted by Gasteiger charge is -2.11. The van der Waals surface area contributed by atoms with Gasteiger partial charge in [-0.2, -0.15) is 18.3 Å². The molecule has 1 amide bonds. The quantitative estimate of drug-likeness (QED) is 0.522. The number of nitrogens with one attached hydrogen (secondary N) is 1. The van der Waals surface area contributed by atoms with Crippen LogP contribution in [0.15, 0.2) is 47.6 Å². The average Bonchev–Trinajstić information content (AvgIpc) is 2.63. The molecule has 0 radical (unpaired) electrons. The Morgan fingerprint density at radius 1 is 1.21 bits per heavy atom. The van der Waals surface area contributed by atoms with Crippen molar-refractivity contribution in [1.82, 2.24) is 5.43 Å². The topological polar surface area (TPSA) is 59.9 Å². The number of nitrogens with zero attached hydrogens (tertiary/aromatic N) is 1. The van der Waals surface area contributed by atoms with E-state index in [1.807, 2.05) is 0 Å². The summed E-state index contributed by atoms with van der Waals surface area (Å²) in [6, 6.07) is 11.7. The van der Waals surface area contributed by atoms with Crippen LogP contribution >= 0.6 is 11.6 Å². The fourth-order valence-corrected chi connectivity index (χ4v) is 2.40. The number of carbonyl (C=O) groups is 1. The number of methoxy groups -OCH3 is 1. The van der Waals surface area contributed by atoms with Gasteiger partial charge >= 0.3 is 6.18 Å². The number of hydrazone groups is 1. The summed E-state index contributed by atoms with van der Waals surface area (Å²) in [5, 5.41) is 4.44. The monoisotopic (exact) mass is 414 g/mol. The Morgan fingerprint density at radius 2 is 1.93 bits per heavy atom. The van der Waals surface area contributed by atoms with Gasteiger partial charge in [-0.15, -0.1) is 0 Å². The number of hydrogen-bond donors (Lipinski definition) is 1. The fraction of sp³-hybridized carbons (Fsp3) is 0.263. The summed E-state index contributed by atoms with van der Waals surface area (Å²) in [4.78, 5) is 11.9. The average molecular weight is 415 g/mol. The minimum atomic E-state index is -4.40. The number of ether oxygens (including phenoxy) is 2. The minimum Gasteiger partial charge on any atom is -0.496 e. The summed E-state index contributed by atoms with van der Waals surface area (Å²) in [6.45, 7) is -1.62. The van der Waals surface area contributed by atoms with Gasteiger partial charge in [0.2, 0.25) is 5.91 Å². The molecule has 0 saturated heterocycles. The van der Waals surface area contributed by atoms with E-state index >= 15 is 0 Å². The molecular weight excluding hydrogens is 397 g/mol. The second kappa shape index (κ2) is 10.1. The second-order valence-electron chi connectivity index (χ2n) is 5.78. The molecule has 0 heterocycles. The van der Waals surface area contributed by atoms with Crippen molar-refractivity contribution in [3.63, 3.8) is 0 Å². The lowest BCUT2D eigenvalue weighted by molar-refractivity contribution is -0.176. The molecule has 0 spiro atoms. The molecule has 150 valence electrons. The van der Waals surface area contributed by atoms with E-state index in [0.29, 0.717) is 21.9 Å². The number of halogens is 4. The summed E-state index contributed by atoms with van der Waals surface area (Å²) in [7, 11) is 1.41. The highest BCUT2D eigenvalue weighted by atomic mass is 35.5. The Kier molecular flexibility index (Phi) is 7.83. The van der Waals surface area contributed by atoms with Crippen molar-refractivity contribution in [3.05, 3.63) is 64.2 Å². The Labute approximate surface area is 165 Å². The van der Waals surface area contributed by atoms with Crippen LogP contribution in [0.25, 0.3) is 0 Å². The zero-order chi connectivity index (χ0) is 20.6. The number of alkyl halides is 3. The molecular formula is C19H18ClF3N2O3. The highest BCUT2D eigenvalue weighted by Gasteiger charge is 2.27. The maximum absolute atomic E-state index is 12.2. The summed E-state index contributed by atoms with van der Waals surface area (Å²) in [5.41, 5.74) is 4.18. The zero-order valence-corrected chi connectivity index (χ0v) is 15.7. The van der Waals surface area contributed by atoms with Gasteiger partial charge in [-0.05, 0) is 41.5 Å². The van der Waals surface area contributed by atoms with Gasteiger partial charge in [0.15, 0.2) is 0 Å². The van der Waals surface area contributed by atoms with Gasteiger partial charge in [0.25, 0.3) is 0 Å². The molecule has 2 aromatic rings. The van der Waals surface area contributed by atoms with Gasteiger partial charge in [0.1, 0.15) is 12.4 Å². The standard InChI is InChI=1S/C19H18ClF3N2O3/c1-27-17-7-4-14(8-15(17)11-28-12-19(21,22)23)10-24-25-18(26)9-13-2-5-16(20)6-3-13/h2-8,10H,9,11-12H2,1H3,(H,25,26)/b24-10-. The lowest BCUT2D eigenvalue weighted by Crippen LogP contribution is -2.19. The molecule has 0 aromatic heterocycles. The maximum atomic E-state index is 12.2. The minimum absolute atomic E-state index is 0.133. The van der Waals surface area contributed by atoms with Gasteiger partial charge in [0.05, 0.1) is 26.4 Å². The van der Waals surface area contributed by atoms with Crippen molar-refractivity contribution < 1.29 is 27.4 Å². The molecule has 5 nitrogen and oxygen atoms in total. The second-order valence-corrected chi connectivity index (χ2v) is 6.21. The van der Waals surface area contributed by atoms with E-state index in [4.69, 9.17) is 16.3 Å². The van der Waals surface area contributed by atoms with Gasteiger partial charge in [-0.25, -0.2) is 5.43 Å². The summed E-state index contributed by atoms with van der Waals surface area (Å²) in [5.74, 6) is 0.0758. The first-order chi connectivity index (χ1) is 13.3. The van der Waals surface area contributed by atoms with Gasteiger partial charge in [-0.1, -0.05) is 23.7 Å². The van der Waals surface area contributed by atoms with Crippen LogP contribution in [0.1, 0.15) is 16.7 Å². The van der Waals surface area contributed by atoms with Crippen molar-refractivity contribution in [3.8, 4) is 5.75 Å². The van der Waals surface area contributed by atoms with Crippen LogP contribution in [0.3, 0.4) is 0 Å². The third kappa shape index (κ3) is 7.58. The van der Waals surface area contributed by atoms with Crippen LogP contribution in [-0.2, 0) is 22.6 Å². The molecule has 1 N–H and O–H groups in total. The number of amides is 1. The van der Waals surface area contributed by atoms with E-state index < -0.39 is 12.8 Å². The van der Waals surface area contributed by atoms with Crippen molar-refractivity contribution in [2.24, 2.45) is 5.10 Å². The molecule has 0 bridgehead atoms. The molecule has 0 aliphatic rings. The molecule has 0 unspecified atom stereocenters. The predicted molar refractivity (Wildman–Crippen MR) is 99.6 cm³/mol. The van der Waals surface area contributed by atoms with Crippen molar-refractivity contribution >= 4 is 23.7 Å². The highest BCUT2D eigenvalue weighted by Crippen LogP contribution is 2.22. The SMILES string of the molecule is COc1ccc(/C=N\NC(=O)Cc2ccc(Cl)cc2)cc1COCC(F)(F)F. The third-order valence-electron chi connectivity index (χ3n) is 3.51. The van der Waals surface area contributed by atoms with E-state index in [1.165, 1.54) is 13.3 Å². The molecule has 0 fully saturated rings. The largest absolute Gasteiger partial charge is 0.496 e. The molecule has 0 aliphatic heterocycles. The van der Waals surface area contributed by atoms with Gasteiger partial charge < -0.3 is 9.47 Å². The van der Waals surface area contributed by atoms with E-state index in [1.54, 1.807) is 42.5 Å². The highest BCUT2D eigenvalue weighted by molar-refractivity contribution is 6.30. The first-order valence-electron chi connectivity index (χ1n) is 8.14. The van der Waals surface area contributed by atoms with Crippen LogP contribution in [0.5, 0.6) is 5.75 Å². The van der Waals surface area contributed by atoms with E-state index in [-0.39, 0.29) is 18.9 Å². The Balaban J connectivity index is 1.93. The van der Waals surface area contributed by atoms with Crippen LogP contribution in [-0.4, -0.2) is 32.0 Å². The molecule has 0 aliphatic carbocycles. The van der Waals surface area contributed by atoms with Crippen LogP contribution in [0, 0.1) is 0 Å². The summed E-state index contributed by atoms with van der Waals surface area (Å²) >= 11 is 5.79. The number of hydrogen-bond acceptors (Lipinski definition) is 4. The molecule has 2 rings (SSSR count). The van der Waals surface area contributed by atoms with Crippen molar-refractivity contribution in [1.29, 1.82) is 0 Å². The molecule has 2 aromatic carbocycles. The smallest absolute Gasteiger partial charge is 0.411 e. The number of benzene rings is 2. The van der Waals surface area contributed by atoms with Crippen molar-refractivity contribution in [2.75, 3.05) is 13.7 Å². The van der Waals surface area contributed by atoms with Crippen LogP contribution in [0.2, 0.25) is 5.02 Å². The van der Waals surface area contributed by atoms with Crippen LogP contribution < -0.4 is 10.2 Å². The zero-order valence-electron chi connectivity index (χ0n) is 14.9. The maximum Gasteiger partial charge on any atom is 0.411 e. The third-order valence-corrected chi connectivity index (χ3v) is 3.76. The first-order valence-corrected chi connectivity index (χ1v) is 8.52. The Morgan fingerprint density at radius 3 is 2.57 bits per heavy atom. The first kappa shape index (κ1) is 21.7.